The Labute approximate surface area is 85.3 Å². The van der Waals surface area contributed by atoms with Crippen LogP contribution in [0.3, 0.4) is 0 Å². The topological polar surface area (TPSA) is 12.5 Å². The lowest BCUT2D eigenvalue weighted by Gasteiger charge is -2.12. The number of hydrogen-bond donors (Lipinski definition) is 0. The minimum absolute atomic E-state index is 0.831. The highest BCUT2D eigenvalue weighted by atomic mass is 16.5. The number of rotatable bonds is 5. The Bertz CT molecular complexity index is 58.1. The van der Waals surface area contributed by atoms with Crippen molar-refractivity contribution in [2.45, 2.75) is 41.5 Å². The summed E-state index contributed by atoms with van der Waals surface area (Å²) in [4.78, 5) is 2.23. The maximum atomic E-state index is 5.16. The van der Waals surface area contributed by atoms with Gasteiger partial charge in [-0.3, -0.25) is 0 Å². The summed E-state index contributed by atoms with van der Waals surface area (Å²) in [5.74, 6) is 0. The Kier molecular flexibility index (Phi) is 32.5. The Balaban J connectivity index is -0.000000218. The molecule has 0 aliphatic heterocycles. The summed E-state index contributed by atoms with van der Waals surface area (Å²) in [6, 6.07) is 0. The average molecular weight is 191 g/mol. The molecule has 2 nitrogen and oxygen atoms in total. The Hall–Kier alpha value is -0.0800. The summed E-state index contributed by atoms with van der Waals surface area (Å²) >= 11 is 0. The van der Waals surface area contributed by atoms with Gasteiger partial charge in [0.05, 0.1) is 6.61 Å². The molecule has 0 heterocycles. The van der Waals surface area contributed by atoms with Crippen molar-refractivity contribution in [1.29, 1.82) is 0 Å². The summed E-state index contributed by atoms with van der Waals surface area (Å²) in [7, 11) is 2.10. The minimum atomic E-state index is 0.831. The van der Waals surface area contributed by atoms with Gasteiger partial charge in [-0.25, -0.2) is 0 Å². The van der Waals surface area contributed by atoms with Crippen molar-refractivity contribution in [2.24, 2.45) is 0 Å². The Morgan fingerprint density at radius 1 is 1.00 bits per heavy atom. The van der Waals surface area contributed by atoms with Crippen LogP contribution in [-0.2, 0) is 4.74 Å². The van der Waals surface area contributed by atoms with Gasteiger partial charge >= 0.3 is 0 Å². The van der Waals surface area contributed by atoms with Gasteiger partial charge in [0.1, 0.15) is 0 Å². The summed E-state index contributed by atoms with van der Waals surface area (Å²) in [5, 5.41) is 0. The van der Waals surface area contributed by atoms with Crippen molar-refractivity contribution in [3.63, 3.8) is 0 Å². The van der Waals surface area contributed by atoms with E-state index in [2.05, 4.69) is 18.9 Å². The van der Waals surface area contributed by atoms with Crippen LogP contribution in [-0.4, -0.2) is 38.3 Å². The van der Waals surface area contributed by atoms with Gasteiger partial charge in [-0.2, -0.15) is 0 Å². The van der Waals surface area contributed by atoms with Gasteiger partial charge in [0, 0.05) is 13.2 Å². The van der Waals surface area contributed by atoms with Crippen LogP contribution in [0.4, 0.5) is 0 Å². The predicted molar refractivity (Wildman–Crippen MR) is 62.4 cm³/mol. The quantitative estimate of drug-likeness (QED) is 0.619. The molecule has 0 aliphatic rings. The van der Waals surface area contributed by atoms with Crippen LogP contribution in [0, 0.1) is 0 Å². The number of likely N-dealkylation sites (N-methyl/N-ethyl adjacent to an activating group) is 1. The van der Waals surface area contributed by atoms with Crippen LogP contribution in [0.2, 0.25) is 0 Å². The highest BCUT2D eigenvalue weighted by molar-refractivity contribution is 4.43. The molecular formula is C11H29NO. The monoisotopic (exact) mass is 191 g/mol. The zero-order valence-electron chi connectivity index (χ0n) is 10.7. The molecule has 0 amide bonds. The van der Waals surface area contributed by atoms with E-state index in [-0.39, 0.29) is 0 Å². The summed E-state index contributed by atoms with van der Waals surface area (Å²) < 4.78 is 5.16. The molecular weight excluding hydrogens is 162 g/mol. The fraction of sp³-hybridized carbons (Fsp3) is 1.00. The highest BCUT2D eigenvalue weighted by Crippen LogP contribution is 1.80. The molecule has 0 spiro atoms. The minimum Gasteiger partial charge on any atom is -0.380 e. The third-order valence-corrected chi connectivity index (χ3v) is 1.36. The number of ether oxygens (including phenoxy) is 1. The van der Waals surface area contributed by atoms with Gasteiger partial charge in [-0.15, -0.1) is 0 Å². The van der Waals surface area contributed by atoms with Crippen LogP contribution in [0.1, 0.15) is 41.5 Å². The molecule has 84 valence electrons. The Morgan fingerprint density at radius 2 is 1.46 bits per heavy atom. The summed E-state index contributed by atoms with van der Waals surface area (Å²) in [6.45, 7) is 16.0. The third-order valence-electron chi connectivity index (χ3n) is 1.36. The van der Waals surface area contributed by atoms with E-state index in [4.69, 9.17) is 4.74 Å². The van der Waals surface area contributed by atoms with Crippen molar-refractivity contribution in [3.05, 3.63) is 0 Å². The molecule has 0 saturated heterocycles. The normalized spacial score (nSPS) is 8.31. The van der Waals surface area contributed by atoms with Gasteiger partial charge in [-0.1, -0.05) is 34.6 Å². The van der Waals surface area contributed by atoms with E-state index in [1.165, 1.54) is 0 Å². The van der Waals surface area contributed by atoms with E-state index in [1.54, 1.807) is 0 Å². The first-order valence-corrected chi connectivity index (χ1v) is 5.57. The van der Waals surface area contributed by atoms with Crippen LogP contribution in [0.25, 0.3) is 0 Å². The SMILES string of the molecule is CC.CC.CCOCCN(C)CC. The zero-order chi connectivity index (χ0) is 11.1. The second-order valence-corrected chi connectivity index (χ2v) is 2.09. The van der Waals surface area contributed by atoms with E-state index in [1.807, 2.05) is 34.6 Å². The molecule has 0 saturated carbocycles. The predicted octanol–water partition coefficient (Wildman–Crippen LogP) is 3.03. The van der Waals surface area contributed by atoms with Gasteiger partial charge in [-0.05, 0) is 20.5 Å². The molecule has 2 heteroatoms. The van der Waals surface area contributed by atoms with E-state index in [0.717, 1.165) is 26.3 Å². The smallest absolute Gasteiger partial charge is 0.0593 e. The molecule has 0 rings (SSSR count). The maximum absolute atomic E-state index is 5.16. The summed E-state index contributed by atoms with van der Waals surface area (Å²) in [6.07, 6.45) is 0. The molecule has 0 radical (unpaired) electrons. The first-order valence-electron chi connectivity index (χ1n) is 5.57. The van der Waals surface area contributed by atoms with Crippen molar-refractivity contribution in [1.82, 2.24) is 4.90 Å². The molecule has 0 N–H and O–H groups in total. The van der Waals surface area contributed by atoms with E-state index in [9.17, 15) is 0 Å². The lowest BCUT2D eigenvalue weighted by atomic mass is 10.5. The first-order chi connectivity index (χ1) is 6.31. The third kappa shape index (κ3) is 24.5. The van der Waals surface area contributed by atoms with E-state index >= 15 is 0 Å². The van der Waals surface area contributed by atoms with Crippen molar-refractivity contribution < 1.29 is 4.74 Å². The van der Waals surface area contributed by atoms with E-state index in [0.29, 0.717) is 0 Å². The fourth-order valence-corrected chi connectivity index (χ4v) is 0.523. The molecule has 0 aromatic carbocycles. The van der Waals surface area contributed by atoms with Crippen molar-refractivity contribution >= 4 is 0 Å². The van der Waals surface area contributed by atoms with Crippen LogP contribution < -0.4 is 0 Å². The lowest BCUT2D eigenvalue weighted by molar-refractivity contribution is 0.124. The number of nitrogens with zero attached hydrogens (tertiary/aromatic N) is 1. The largest absolute Gasteiger partial charge is 0.380 e. The first kappa shape index (κ1) is 18.7. The van der Waals surface area contributed by atoms with Crippen LogP contribution >= 0.6 is 0 Å². The molecule has 0 aromatic rings. The van der Waals surface area contributed by atoms with E-state index < -0.39 is 0 Å². The maximum Gasteiger partial charge on any atom is 0.0593 e. The molecule has 0 aromatic heterocycles. The standard InChI is InChI=1S/C7H17NO.2C2H6/c1-4-8(3)6-7-9-5-2;2*1-2/h4-7H2,1-3H3;2*1-2H3. The van der Waals surface area contributed by atoms with Gasteiger partial charge in [0.15, 0.2) is 0 Å². The molecule has 0 fully saturated rings. The number of hydrogen-bond acceptors (Lipinski definition) is 2. The summed E-state index contributed by atoms with van der Waals surface area (Å²) in [5.41, 5.74) is 0. The second kappa shape index (κ2) is 22.7. The van der Waals surface area contributed by atoms with Crippen molar-refractivity contribution in [3.8, 4) is 0 Å². The molecule has 0 aliphatic carbocycles. The second-order valence-electron chi connectivity index (χ2n) is 2.09. The average Bonchev–Trinajstić information content (AvgIpc) is 2.24. The lowest BCUT2D eigenvalue weighted by Crippen LogP contribution is -2.22. The van der Waals surface area contributed by atoms with Gasteiger partial charge in [0.2, 0.25) is 0 Å². The van der Waals surface area contributed by atoms with Gasteiger partial charge in [0.25, 0.3) is 0 Å². The highest BCUT2D eigenvalue weighted by Gasteiger charge is 1.90. The zero-order valence-corrected chi connectivity index (χ0v) is 10.7. The Morgan fingerprint density at radius 3 is 1.77 bits per heavy atom. The van der Waals surface area contributed by atoms with Gasteiger partial charge < -0.3 is 9.64 Å². The molecule has 0 bridgehead atoms. The van der Waals surface area contributed by atoms with Crippen molar-refractivity contribution in [2.75, 3.05) is 33.4 Å². The molecule has 0 unspecified atom stereocenters. The fourth-order valence-electron chi connectivity index (χ4n) is 0.523. The molecule has 13 heavy (non-hydrogen) atoms. The molecule has 0 atom stereocenters. The van der Waals surface area contributed by atoms with Crippen LogP contribution in [0.5, 0.6) is 0 Å². The van der Waals surface area contributed by atoms with Crippen LogP contribution in [0.15, 0.2) is 0 Å².